The van der Waals surface area contributed by atoms with Gasteiger partial charge in [0.2, 0.25) is 0 Å². The fourth-order valence-electron chi connectivity index (χ4n) is 2.08. The molecule has 6 nitrogen and oxygen atoms in total. The van der Waals surface area contributed by atoms with Crippen molar-refractivity contribution in [3.8, 4) is 0 Å². The number of nitrogens with zero attached hydrogens (tertiary/aromatic N) is 1. The molecular formula is C18H23N3O3S2. The third kappa shape index (κ3) is 5.96. The number of carbonyl (C=O) groups is 1. The van der Waals surface area contributed by atoms with E-state index in [4.69, 9.17) is 0 Å². The highest BCUT2D eigenvalue weighted by Gasteiger charge is 2.15. The second kappa shape index (κ2) is 8.95. The summed E-state index contributed by atoms with van der Waals surface area (Å²) in [5.74, 6) is 0.253. The second-order valence-corrected chi connectivity index (χ2v) is 9.19. The first-order chi connectivity index (χ1) is 12.3. The van der Waals surface area contributed by atoms with Crippen LogP contribution < -0.4 is 10.1 Å². The van der Waals surface area contributed by atoms with E-state index >= 15 is 0 Å². The number of thiophene rings is 1. The molecule has 0 atom stereocenters. The van der Waals surface area contributed by atoms with Gasteiger partial charge in [-0.25, -0.2) is 13.8 Å². The van der Waals surface area contributed by atoms with Gasteiger partial charge in [0.15, 0.2) is 0 Å². The number of amides is 1. The molecule has 1 aromatic carbocycles. The molecule has 1 amide bonds. The zero-order valence-electron chi connectivity index (χ0n) is 15.0. The zero-order valence-corrected chi connectivity index (χ0v) is 16.7. The molecule has 26 heavy (non-hydrogen) atoms. The Kier molecular flexibility index (Phi) is 6.93. The maximum Gasteiger partial charge on any atom is 0.271 e. The summed E-state index contributed by atoms with van der Waals surface area (Å²) in [5, 5.41) is 5.80. The predicted octanol–water partition coefficient (Wildman–Crippen LogP) is 4.09. The number of nitrogens with one attached hydrogen (secondary N) is 2. The van der Waals surface area contributed by atoms with E-state index in [1.54, 1.807) is 35.7 Å². The maximum absolute atomic E-state index is 12.2. The predicted molar refractivity (Wildman–Crippen MR) is 106 cm³/mol. The number of anilines is 1. The van der Waals surface area contributed by atoms with Crippen LogP contribution in [0.3, 0.4) is 0 Å². The molecule has 0 aliphatic rings. The van der Waals surface area contributed by atoms with Crippen molar-refractivity contribution < 1.29 is 13.2 Å². The lowest BCUT2D eigenvalue weighted by Crippen LogP contribution is -2.19. The standard InChI is InChI=1S/C18H23N3O3S2/c1-13(2)6-7-14(3)19-20-18(22)15-8-10-16(11-9-15)21-26(23,24)17-5-4-12-25-17/h4-5,8-13,21H,6-7H2,1-3H3,(H,20,22)/b19-14-. The molecule has 0 bridgehead atoms. The number of rotatable bonds is 8. The molecule has 1 aromatic heterocycles. The van der Waals surface area contributed by atoms with E-state index < -0.39 is 10.0 Å². The summed E-state index contributed by atoms with van der Waals surface area (Å²) in [6.07, 6.45) is 1.85. The van der Waals surface area contributed by atoms with E-state index in [2.05, 4.69) is 29.1 Å². The van der Waals surface area contributed by atoms with Crippen molar-refractivity contribution in [2.45, 2.75) is 37.8 Å². The number of sulfonamides is 1. The molecule has 0 radical (unpaired) electrons. The van der Waals surface area contributed by atoms with Crippen molar-refractivity contribution in [1.82, 2.24) is 5.43 Å². The minimum atomic E-state index is -3.59. The van der Waals surface area contributed by atoms with Gasteiger partial charge >= 0.3 is 0 Å². The second-order valence-electron chi connectivity index (χ2n) is 6.34. The summed E-state index contributed by atoms with van der Waals surface area (Å²) in [6.45, 7) is 6.16. The first-order valence-corrected chi connectivity index (χ1v) is 10.6. The lowest BCUT2D eigenvalue weighted by Gasteiger charge is -2.07. The molecule has 140 valence electrons. The van der Waals surface area contributed by atoms with Gasteiger partial charge in [-0.2, -0.15) is 5.10 Å². The van der Waals surface area contributed by atoms with Crippen molar-refractivity contribution >= 4 is 38.7 Å². The van der Waals surface area contributed by atoms with Crippen molar-refractivity contribution in [3.05, 3.63) is 47.3 Å². The van der Waals surface area contributed by atoms with Crippen LogP contribution in [0, 0.1) is 5.92 Å². The summed E-state index contributed by atoms with van der Waals surface area (Å²) >= 11 is 1.14. The Morgan fingerprint density at radius 1 is 1.19 bits per heavy atom. The van der Waals surface area contributed by atoms with Crippen LogP contribution >= 0.6 is 11.3 Å². The summed E-state index contributed by atoms with van der Waals surface area (Å²) in [6, 6.07) is 9.43. The number of hydrazone groups is 1. The molecule has 0 saturated carbocycles. The third-order valence-corrected chi connectivity index (χ3v) is 6.37. The van der Waals surface area contributed by atoms with E-state index in [1.165, 1.54) is 6.07 Å². The van der Waals surface area contributed by atoms with E-state index in [-0.39, 0.29) is 10.1 Å². The van der Waals surface area contributed by atoms with Crippen molar-refractivity contribution in [3.63, 3.8) is 0 Å². The Morgan fingerprint density at radius 3 is 2.46 bits per heavy atom. The van der Waals surface area contributed by atoms with Crippen molar-refractivity contribution in [1.29, 1.82) is 0 Å². The highest BCUT2D eigenvalue weighted by Crippen LogP contribution is 2.20. The first-order valence-electron chi connectivity index (χ1n) is 8.28. The lowest BCUT2D eigenvalue weighted by molar-refractivity contribution is 0.0954. The Morgan fingerprint density at radius 2 is 1.88 bits per heavy atom. The molecule has 0 aliphatic heterocycles. The van der Waals surface area contributed by atoms with Gasteiger partial charge < -0.3 is 0 Å². The molecule has 1 heterocycles. The SMILES string of the molecule is C/C(CCC(C)C)=N/NC(=O)c1ccc(NS(=O)(=O)c2cccs2)cc1. The molecule has 2 rings (SSSR count). The van der Waals surface area contributed by atoms with E-state index in [1.807, 2.05) is 6.92 Å². The van der Waals surface area contributed by atoms with Crippen molar-refractivity contribution in [2.24, 2.45) is 11.0 Å². The lowest BCUT2D eigenvalue weighted by atomic mass is 10.1. The van der Waals surface area contributed by atoms with E-state index in [9.17, 15) is 13.2 Å². The summed E-state index contributed by atoms with van der Waals surface area (Å²) in [4.78, 5) is 12.1. The van der Waals surface area contributed by atoms with Gasteiger partial charge in [0.1, 0.15) is 4.21 Å². The monoisotopic (exact) mass is 393 g/mol. The molecule has 0 spiro atoms. The van der Waals surface area contributed by atoms with Crippen LogP contribution in [0.15, 0.2) is 51.1 Å². The molecule has 2 N–H and O–H groups in total. The Hall–Kier alpha value is -2.19. The Bertz CT molecular complexity index is 856. The average molecular weight is 394 g/mol. The summed E-state index contributed by atoms with van der Waals surface area (Å²) < 4.78 is 27.1. The molecule has 0 aliphatic carbocycles. The van der Waals surface area contributed by atoms with Crippen LogP contribution in [0.5, 0.6) is 0 Å². The molecule has 2 aromatic rings. The van der Waals surface area contributed by atoms with Gasteiger partial charge in [-0.3, -0.25) is 9.52 Å². The van der Waals surface area contributed by atoms with Crippen LogP contribution in [0.4, 0.5) is 5.69 Å². The Balaban J connectivity index is 1.96. The fraction of sp³-hybridized carbons (Fsp3) is 0.333. The number of carbonyl (C=O) groups excluding carboxylic acids is 1. The molecule has 8 heteroatoms. The van der Waals surface area contributed by atoms with Crippen LogP contribution in [-0.2, 0) is 10.0 Å². The summed E-state index contributed by atoms with van der Waals surface area (Å²) in [5.41, 5.74) is 4.19. The average Bonchev–Trinajstić information content (AvgIpc) is 3.13. The largest absolute Gasteiger partial charge is 0.279 e. The zero-order chi connectivity index (χ0) is 19.2. The molecule has 0 unspecified atom stereocenters. The van der Waals surface area contributed by atoms with Crippen LogP contribution in [0.25, 0.3) is 0 Å². The topological polar surface area (TPSA) is 87.6 Å². The number of hydrogen-bond donors (Lipinski definition) is 2. The Labute approximate surface area is 158 Å². The number of benzene rings is 1. The van der Waals surface area contributed by atoms with Crippen molar-refractivity contribution in [2.75, 3.05) is 4.72 Å². The van der Waals surface area contributed by atoms with Crippen LogP contribution in [0.2, 0.25) is 0 Å². The fourth-order valence-corrected chi connectivity index (χ4v) is 4.13. The highest BCUT2D eigenvalue weighted by molar-refractivity contribution is 7.94. The number of hydrogen-bond acceptors (Lipinski definition) is 5. The summed E-state index contributed by atoms with van der Waals surface area (Å²) in [7, 11) is -3.59. The van der Waals surface area contributed by atoms with Crippen LogP contribution in [-0.4, -0.2) is 20.0 Å². The van der Waals surface area contributed by atoms with Gasteiger partial charge in [0, 0.05) is 17.0 Å². The quantitative estimate of drug-likeness (QED) is 0.523. The highest BCUT2D eigenvalue weighted by atomic mass is 32.2. The molecule has 0 saturated heterocycles. The van der Waals surface area contributed by atoms with Gasteiger partial charge in [0.05, 0.1) is 0 Å². The van der Waals surface area contributed by atoms with Gasteiger partial charge in [0.25, 0.3) is 15.9 Å². The first kappa shape index (κ1) is 20.1. The normalized spacial score (nSPS) is 12.2. The third-order valence-electron chi connectivity index (χ3n) is 3.59. The minimum Gasteiger partial charge on any atom is -0.279 e. The molecule has 0 fully saturated rings. The minimum absolute atomic E-state index is 0.241. The van der Waals surface area contributed by atoms with E-state index in [0.29, 0.717) is 17.2 Å². The van der Waals surface area contributed by atoms with Crippen LogP contribution in [0.1, 0.15) is 44.0 Å². The maximum atomic E-state index is 12.2. The smallest absolute Gasteiger partial charge is 0.271 e. The van der Waals surface area contributed by atoms with E-state index in [0.717, 1.165) is 29.9 Å². The van der Waals surface area contributed by atoms with Gasteiger partial charge in [-0.05, 0) is 61.4 Å². The molecular weight excluding hydrogens is 370 g/mol. The van der Waals surface area contributed by atoms with Gasteiger partial charge in [-0.1, -0.05) is 19.9 Å². The van der Waals surface area contributed by atoms with Gasteiger partial charge in [-0.15, -0.1) is 11.3 Å².